The zero-order chi connectivity index (χ0) is 25.3. The number of nitrogens with one attached hydrogen (secondary N) is 2. The van der Waals surface area contributed by atoms with Crippen LogP contribution in [0.2, 0.25) is 0 Å². The first-order chi connectivity index (χ1) is 16.1. The summed E-state index contributed by atoms with van der Waals surface area (Å²) in [7, 11) is 1.59. The van der Waals surface area contributed by atoms with Gasteiger partial charge in [-0.15, -0.1) is 0 Å². The molecular formula is C25H32F3N5O. The molecule has 184 valence electrons. The average molecular weight is 476 g/mol. The van der Waals surface area contributed by atoms with Crippen molar-refractivity contribution in [3.05, 3.63) is 77.0 Å². The molecule has 1 atom stereocenters. The maximum atomic E-state index is 12.7. The van der Waals surface area contributed by atoms with Crippen LogP contribution < -0.4 is 15.8 Å². The molecule has 0 radical (unpaired) electrons. The van der Waals surface area contributed by atoms with Gasteiger partial charge in [-0.25, -0.2) is 4.99 Å². The molecule has 1 unspecified atom stereocenters. The van der Waals surface area contributed by atoms with Crippen LogP contribution in [0.1, 0.15) is 38.2 Å². The monoisotopic (exact) mass is 475 g/mol. The number of aliphatic imine (C=N–C) groups is 1. The van der Waals surface area contributed by atoms with Gasteiger partial charge in [0.25, 0.3) is 0 Å². The molecule has 2 rings (SSSR count). The van der Waals surface area contributed by atoms with Crippen molar-refractivity contribution < 1.29 is 17.9 Å². The van der Waals surface area contributed by atoms with Crippen molar-refractivity contribution >= 4 is 12.4 Å². The van der Waals surface area contributed by atoms with E-state index >= 15 is 0 Å². The highest BCUT2D eigenvalue weighted by atomic mass is 19.4. The van der Waals surface area contributed by atoms with Crippen LogP contribution in [-0.4, -0.2) is 43.7 Å². The van der Waals surface area contributed by atoms with E-state index in [9.17, 15) is 13.2 Å². The number of unbranched alkanes of at least 4 members (excludes halogenated alkanes) is 1. The van der Waals surface area contributed by atoms with Crippen LogP contribution in [0.15, 0.2) is 76.5 Å². The second-order valence-electron chi connectivity index (χ2n) is 7.83. The van der Waals surface area contributed by atoms with E-state index in [-0.39, 0.29) is 11.7 Å². The van der Waals surface area contributed by atoms with Crippen molar-refractivity contribution in [1.82, 2.24) is 10.2 Å². The molecule has 34 heavy (non-hydrogen) atoms. The second kappa shape index (κ2) is 12.1. The van der Waals surface area contributed by atoms with Crippen LogP contribution >= 0.6 is 0 Å². The summed E-state index contributed by atoms with van der Waals surface area (Å²) >= 11 is 0. The summed E-state index contributed by atoms with van der Waals surface area (Å²) in [4.78, 5) is 6.16. The topological polar surface area (TPSA) is 86.7 Å². The molecule has 9 heteroatoms. The highest BCUT2D eigenvalue weighted by Gasteiger charge is 2.31. The average Bonchev–Trinajstić information content (AvgIpc) is 2.81. The number of rotatable bonds is 10. The standard InChI is InChI=1S/C25H32F3N5O/c1-5-6-7-23(32-16-25(26,27)28)31-14-20-15-33(21(12-29)13-30)18(3)24(17(20)2)19-8-10-22(34-4)11-9-19/h7-14,24,29,32H,3,5-6,15-16,30H2,1-2,4H3/b21-13+,23-7-,29-12?,31-14?. The third-order valence-electron chi connectivity index (χ3n) is 5.48. The van der Waals surface area contributed by atoms with Gasteiger partial charge in [0.15, 0.2) is 0 Å². The van der Waals surface area contributed by atoms with Crippen molar-refractivity contribution in [3.8, 4) is 5.75 Å². The lowest BCUT2D eigenvalue weighted by Crippen LogP contribution is -2.34. The Balaban J connectivity index is 2.49. The van der Waals surface area contributed by atoms with E-state index in [1.807, 2.05) is 43.0 Å². The predicted octanol–water partition coefficient (Wildman–Crippen LogP) is 5.24. The fraction of sp³-hybridized carbons (Fsp3) is 0.360. The molecule has 0 spiro atoms. The number of ether oxygens (including phenoxy) is 1. The molecule has 1 aliphatic heterocycles. The van der Waals surface area contributed by atoms with Gasteiger partial charge in [0, 0.05) is 36.8 Å². The Morgan fingerprint density at radius 3 is 2.56 bits per heavy atom. The van der Waals surface area contributed by atoms with Gasteiger partial charge in [-0.3, -0.25) is 0 Å². The number of benzene rings is 1. The van der Waals surface area contributed by atoms with Crippen LogP contribution in [0.4, 0.5) is 13.2 Å². The molecule has 1 aromatic carbocycles. The Morgan fingerprint density at radius 1 is 1.35 bits per heavy atom. The molecule has 0 saturated heterocycles. The minimum Gasteiger partial charge on any atom is -0.497 e. The molecule has 1 aromatic rings. The van der Waals surface area contributed by atoms with Crippen LogP contribution in [0, 0.1) is 5.41 Å². The van der Waals surface area contributed by atoms with Crippen molar-refractivity contribution in [1.29, 1.82) is 5.41 Å². The lowest BCUT2D eigenvalue weighted by molar-refractivity contribution is -0.123. The van der Waals surface area contributed by atoms with E-state index < -0.39 is 12.7 Å². The molecule has 4 N–H and O–H groups in total. The minimum atomic E-state index is -4.35. The SMILES string of the molecule is C=C1C(c2ccc(OC)cc2)C(C)=C(C=N/C(=C/CCC)NCC(F)(F)F)CN1/C(C=N)=C/N. The zero-order valence-corrected chi connectivity index (χ0v) is 19.7. The van der Waals surface area contributed by atoms with Gasteiger partial charge in [0.05, 0.1) is 12.8 Å². The van der Waals surface area contributed by atoms with E-state index in [1.54, 1.807) is 19.4 Å². The van der Waals surface area contributed by atoms with Crippen LogP contribution in [-0.2, 0) is 0 Å². The Kier molecular flexibility index (Phi) is 9.53. The fourth-order valence-electron chi connectivity index (χ4n) is 3.63. The summed E-state index contributed by atoms with van der Waals surface area (Å²) in [6.07, 6.45) is 2.74. The molecule has 0 aliphatic carbocycles. The summed E-state index contributed by atoms with van der Waals surface area (Å²) in [5, 5.41) is 10.1. The Labute approximate surface area is 198 Å². The maximum Gasteiger partial charge on any atom is 0.405 e. The Hall–Kier alpha value is -3.49. The number of hydrogen-bond acceptors (Lipinski definition) is 6. The molecule has 0 saturated carbocycles. The molecule has 0 fully saturated rings. The summed E-state index contributed by atoms with van der Waals surface area (Å²) < 4.78 is 43.5. The van der Waals surface area contributed by atoms with Crippen molar-refractivity contribution in [3.63, 3.8) is 0 Å². The van der Waals surface area contributed by atoms with Gasteiger partial charge in [0.1, 0.15) is 18.1 Å². The normalized spacial score (nSPS) is 18.0. The minimum absolute atomic E-state index is 0.165. The predicted molar refractivity (Wildman–Crippen MR) is 131 cm³/mol. The van der Waals surface area contributed by atoms with Crippen LogP contribution in [0.25, 0.3) is 0 Å². The number of hydrogen-bond donors (Lipinski definition) is 3. The first-order valence-electron chi connectivity index (χ1n) is 10.9. The number of allylic oxidation sites excluding steroid dienone is 3. The van der Waals surface area contributed by atoms with Gasteiger partial charge in [-0.1, -0.05) is 37.6 Å². The summed E-state index contributed by atoms with van der Waals surface area (Å²) in [5.41, 5.74) is 9.65. The van der Waals surface area contributed by atoms with Gasteiger partial charge in [-0.05, 0) is 42.7 Å². The molecule has 0 amide bonds. The van der Waals surface area contributed by atoms with Gasteiger partial charge in [-0.2, -0.15) is 13.2 Å². The first-order valence-corrected chi connectivity index (χ1v) is 10.9. The van der Waals surface area contributed by atoms with E-state index in [0.717, 1.165) is 35.0 Å². The molecule has 1 aliphatic rings. The zero-order valence-electron chi connectivity index (χ0n) is 19.7. The number of nitrogens with two attached hydrogens (primary N) is 1. The third-order valence-corrected chi connectivity index (χ3v) is 5.48. The summed E-state index contributed by atoms with van der Waals surface area (Å²) in [6, 6.07) is 7.57. The highest BCUT2D eigenvalue weighted by molar-refractivity contribution is 5.84. The quantitative estimate of drug-likeness (QED) is 0.404. The highest BCUT2D eigenvalue weighted by Crippen LogP contribution is 2.40. The lowest BCUT2D eigenvalue weighted by atomic mass is 9.83. The fourth-order valence-corrected chi connectivity index (χ4v) is 3.63. The van der Waals surface area contributed by atoms with E-state index in [0.29, 0.717) is 24.4 Å². The molecule has 0 aromatic heterocycles. The number of nitrogens with zero attached hydrogens (tertiary/aromatic N) is 2. The van der Waals surface area contributed by atoms with Crippen molar-refractivity contribution in [2.45, 2.75) is 38.8 Å². The maximum absolute atomic E-state index is 12.7. The number of halogens is 3. The lowest BCUT2D eigenvalue weighted by Gasteiger charge is -2.38. The second-order valence-corrected chi connectivity index (χ2v) is 7.83. The number of alkyl halides is 3. The summed E-state index contributed by atoms with van der Waals surface area (Å²) in [5.74, 6) is 0.647. The van der Waals surface area contributed by atoms with Gasteiger partial charge < -0.3 is 26.1 Å². The Morgan fingerprint density at radius 2 is 2.03 bits per heavy atom. The third kappa shape index (κ3) is 7.00. The largest absolute Gasteiger partial charge is 0.497 e. The van der Waals surface area contributed by atoms with Crippen LogP contribution in [0.3, 0.4) is 0 Å². The van der Waals surface area contributed by atoms with E-state index in [4.69, 9.17) is 15.9 Å². The summed E-state index contributed by atoms with van der Waals surface area (Å²) in [6.45, 7) is 7.32. The van der Waals surface area contributed by atoms with E-state index in [1.165, 1.54) is 6.20 Å². The van der Waals surface area contributed by atoms with Gasteiger partial charge in [0.2, 0.25) is 0 Å². The van der Waals surface area contributed by atoms with Crippen molar-refractivity contribution in [2.24, 2.45) is 10.7 Å². The first kappa shape index (κ1) is 26.8. The van der Waals surface area contributed by atoms with Gasteiger partial charge >= 0.3 is 6.18 Å². The molecule has 0 bridgehead atoms. The van der Waals surface area contributed by atoms with Crippen molar-refractivity contribution in [2.75, 3.05) is 20.2 Å². The molecule has 1 heterocycles. The number of methoxy groups -OCH3 is 1. The molecular weight excluding hydrogens is 443 g/mol. The van der Waals surface area contributed by atoms with E-state index in [2.05, 4.69) is 16.9 Å². The Bertz CT molecular complexity index is 991. The smallest absolute Gasteiger partial charge is 0.405 e. The molecule has 6 nitrogen and oxygen atoms in total. The van der Waals surface area contributed by atoms with Crippen LogP contribution in [0.5, 0.6) is 5.75 Å².